The predicted molar refractivity (Wildman–Crippen MR) is 289 cm³/mol. The van der Waals surface area contributed by atoms with Gasteiger partial charge in [0, 0.05) is 19.3 Å². The molecule has 1 atom stereocenters. The van der Waals surface area contributed by atoms with E-state index in [9.17, 15) is 14.4 Å². The molecule has 0 amide bonds. The van der Waals surface area contributed by atoms with Gasteiger partial charge in [-0.1, -0.05) is 298 Å². The van der Waals surface area contributed by atoms with Crippen LogP contribution in [0, 0.1) is 17.8 Å². The molecule has 0 unspecified atom stereocenters. The highest BCUT2D eigenvalue weighted by Crippen LogP contribution is 2.19. The number of hydrogen-bond donors (Lipinski definition) is 0. The van der Waals surface area contributed by atoms with Crippen LogP contribution in [-0.4, -0.2) is 37.2 Å². The maximum Gasteiger partial charge on any atom is 0.306 e. The first-order valence-electron chi connectivity index (χ1n) is 30.1. The highest BCUT2D eigenvalue weighted by molar-refractivity contribution is 5.71. The van der Waals surface area contributed by atoms with Crippen LogP contribution in [0.3, 0.4) is 0 Å². The van der Waals surface area contributed by atoms with E-state index in [0.29, 0.717) is 19.3 Å². The summed E-state index contributed by atoms with van der Waals surface area (Å²) in [5.74, 6) is 1.63. The molecule has 0 heterocycles. The molecule has 0 aromatic carbocycles. The standard InChI is InChI=1S/C61H118O6/c1-55(2)47-41-35-29-25-21-17-13-9-7-8-10-15-19-23-27-31-38-44-50-59(62)65-53-58(54-66-60(63)51-45-39-34-33-37-43-49-57(5)6)67-61(64)52-46-40-32-28-24-20-16-12-11-14-18-22-26-30-36-42-48-56(3)4/h55-58H,7-54H2,1-6H3/t58-/m0/s1. The van der Waals surface area contributed by atoms with Gasteiger partial charge in [0.2, 0.25) is 0 Å². The van der Waals surface area contributed by atoms with Gasteiger partial charge in [-0.15, -0.1) is 0 Å². The first-order chi connectivity index (χ1) is 32.6. The highest BCUT2D eigenvalue weighted by Gasteiger charge is 2.19. The molecule has 6 nitrogen and oxygen atoms in total. The Kier molecular flexibility index (Phi) is 51.0. The lowest BCUT2D eigenvalue weighted by Crippen LogP contribution is -2.30. The van der Waals surface area contributed by atoms with Gasteiger partial charge in [0.15, 0.2) is 6.10 Å². The zero-order valence-electron chi connectivity index (χ0n) is 46.2. The Hall–Kier alpha value is -1.59. The van der Waals surface area contributed by atoms with Gasteiger partial charge in [0.25, 0.3) is 0 Å². The van der Waals surface area contributed by atoms with E-state index < -0.39 is 6.10 Å². The molecule has 0 rings (SSSR count). The van der Waals surface area contributed by atoms with Crippen molar-refractivity contribution in [1.29, 1.82) is 0 Å². The fourth-order valence-electron chi connectivity index (χ4n) is 9.35. The molecule has 0 saturated heterocycles. The van der Waals surface area contributed by atoms with Crippen molar-refractivity contribution in [2.24, 2.45) is 17.8 Å². The minimum absolute atomic E-state index is 0.0640. The number of esters is 3. The minimum atomic E-state index is -0.764. The first-order valence-corrected chi connectivity index (χ1v) is 30.1. The summed E-state index contributed by atoms with van der Waals surface area (Å²) in [5.41, 5.74) is 0. The maximum atomic E-state index is 12.9. The van der Waals surface area contributed by atoms with Gasteiger partial charge < -0.3 is 14.2 Å². The Balaban J connectivity index is 4.18. The van der Waals surface area contributed by atoms with E-state index in [1.165, 1.54) is 218 Å². The van der Waals surface area contributed by atoms with E-state index in [2.05, 4.69) is 41.5 Å². The number of carbonyl (C=O) groups excluding carboxylic acids is 3. The third-order valence-corrected chi connectivity index (χ3v) is 13.9. The second-order valence-corrected chi connectivity index (χ2v) is 22.4. The molecule has 0 bridgehead atoms. The summed E-state index contributed by atoms with van der Waals surface area (Å²) in [4.78, 5) is 38.1. The second-order valence-electron chi connectivity index (χ2n) is 22.4. The molecule has 0 spiro atoms. The number of hydrogen-bond acceptors (Lipinski definition) is 6. The summed E-state index contributed by atoms with van der Waals surface area (Å²) in [7, 11) is 0. The molecule has 0 radical (unpaired) electrons. The summed E-state index contributed by atoms with van der Waals surface area (Å²) >= 11 is 0. The Bertz CT molecular complexity index is 1040. The van der Waals surface area contributed by atoms with E-state index in [0.717, 1.165) is 75.5 Å². The largest absolute Gasteiger partial charge is 0.462 e. The fourth-order valence-corrected chi connectivity index (χ4v) is 9.35. The normalized spacial score (nSPS) is 12.1. The van der Waals surface area contributed by atoms with Crippen molar-refractivity contribution in [2.45, 2.75) is 343 Å². The quantitative estimate of drug-likeness (QED) is 0.0343. The Morgan fingerprint density at radius 2 is 0.433 bits per heavy atom. The molecule has 398 valence electrons. The molecule has 0 aliphatic rings. The van der Waals surface area contributed by atoms with Gasteiger partial charge in [0.05, 0.1) is 0 Å². The number of unbranched alkanes of at least 4 members (excludes halogenated alkanes) is 37. The van der Waals surface area contributed by atoms with Crippen molar-refractivity contribution in [3.63, 3.8) is 0 Å². The third-order valence-electron chi connectivity index (χ3n) is 13.9. The molecule has 0 fully saturated rings. The highest BCUT2D eigenvalue weighted by atomic mass is 16.6. The van der Waals surface area contributed by atoms with Crippen LogP contribution in [0.15, 0.2) is 0 Å². The Labute approximate surface area is 418 Å². The molecule has 0 saturated carbocycles. The average Bonchev–Trinajstić information content (AvgIpc) is 3.29. The van der Waals surface area contributed by atoms with Crippen molar-refractivity contribution in [1.82, 2.24) is 0 Å². The van der Waals surface area contributed by atoms with Crippen LogP contribution in [0.25, 0.3) is 0 Å². The Morgan fingerprint density at radius 1 is 0.254 bits per heavy atom. The third kappa shape index (κ3) is 55.2. The summed E-state index contributed by atoms with van der Waals surface area (Å²) in [6.07, 6.45) is 55.5. The lowest BCUT2D eigenvalue weighted by atomic mass is 10.0. The van der Waals surface area contributed by atoms with Crippen molar-refractivity contribution in [3.8, 4) is 0 Å². The molecule has 0 aliphatic carbocycles. The van der Waals surface area contributed by atoms with Crippen molar-refractivity contribution >= 4 is 17.9 Å². The monoisotopic (exact) mass is 947 g/mol. The van der Waals surface area contributed by atoms with Gasteiger partial charge in [-0.25, -0.2) is 0 Å². The number of rotatable bonds is 54. The lowest BCUT2D eigenvalue weighted by molar-refractivity contribution is -0.167. The van der Waals surface area contributed by atoms with E-state index in [4.69, 9.17) is 14.2 Å². The molecule has 67 heavy (non-hydrogen) atoms. The van der Waals surface area contributed by atoms with E-state index >= 15 is 0 Å². The van der Waals surface area contributed by atoms with E-state index in [-0.39, 0.29) is 31.1 Å². The number of ether oxygens (including phenoxy) is 3. The van der Waals surface area contributed by atoms with Crippen LogP contribution in [-0.2, 0) is 28.6 Å². The van der Waals surface area contributed by atoms with Crippen LogP contribution in [0.4, 0.5) is 0 Å². The summed E-state index contributed by atoms with van der Waals surface area (Å²) in [6.45, 7) is 13.7. The molecule has 0 aromatic rings. The SMILES string of the molecule is CC(C)CCCCCCCCCCCCCCCCCCCCC(=O)OC[C@@H](COC(=O)CCCCCCCCC(C)C)OC(=O)CCCCCCCCCCCCCCCCCCC(C)C. The van der Waals surface area contributed by atoms with Gasteiger partial charge >= 0.3 is 17.9 Å². The van der Waals surface area contributed by atoms with Crippen LogP contribution >= 0.6 is 0 Å². The average molecular weight is 948 g/mol. The van der Waals surface area contributed by atoms with Gasteiger partial charge in [0.1, 0.15) is 13.2 Å². The maximum absolute atomic E-state index is 12.9. The van der Waals surface area contributed by atoms with Crippen LogP contribution in [0.2, 0.25) is 0 Å². The first kappa shape index (κ1) is 65.4. The van der Waals surface area contributed by atoms with Gasteiger partial charge in [-0.2, -0.15) is 0 Å². The smallest absolute Gasteiger partial charge is 0.306 e. The molecular formula is C61H118O6. The summed E-state index contributed by atoms with van der Waals surface area (Å²) in [6, 6.07) is 0. The predicted octanol–water partition coefficient (Wildman–Crippen LogP) is 19.9. The van der Waals surface area contributed by atoms with Crippen molar-refractivity contribution in [2.75, 3.05) is 13.2 Å². The molecule has 0 N–H and O–H groups in total. The molecule has 6 heteroatoms. The van der Waals surface area contributed by atoms with E-state index in [1.807, 2.05) is 0 Å². The van der Waals surface area contributed by atoms with Crippen molar-refractivity contribution in [3.05, 3.63) is 0 Å². The van der Waals surface area contributed by atoms with E-state index in [1.54, 1.807) is 0 Å². The van der Waals surface area contributed by atoms with Crippen LogP contribution < -0.4 is 0 Å². The van der Waals surface area contributed by atoms with Crippen LogP contribution in [0.1, 0.15) is 337 Å². The van der Waals surface area contributed by atoms with Gasteiger partial charge in [-0.05, 0) is 37.0 Å². The molecule has 0 aliphatic heterocycles. The van der Waals surface area contributed by atoms with Gasteiger partial charge in [-0.3, -0.25) is 14.4 Å². The summed E-state index contributed by atoms with van der Waals surface area (Å²) in [5, 5.41) is 0. The molecule has 0 aromatic heterocycles. The zero-order chi connectivity index (χ0) is 49.1. The topological polar surface area (TPSA) is 78.9 Å². The fraction of sp³-hybridized carbons (Fsp3) is 0.951. The Morgan fingerprint density at radius 3 is 0.642 bits per heavy atom. The minimum Gasteiger partial charge on any atom is -0.462 e. The van der Waals surface area contributed by atoms with Crippen LogP contribution in [0.5, 0.6) is 0 Å². The zero-order valence-corrected chi connectivity index (χ0v) is 46.2. The molecular weight excluding hydrogens is 829 g/mol. The number of carbonyl (C=O) groups is 3. The van der Waals surface area contributed by atoms with Crippen molar-refractivity contribution < 1.29 is 28.6 Å². The second kappa shape index (κ2) is 52.2. The summed E-state index contributed by atoms with van der Waals surface area (Å²) < 4.78 is 16.9. The lowest BCUT2D eigenvalue weighted by Gasteiger charge is -2.18.